The van der Waals surface area contributed by atoms with Crippen LogP contribution in [0.15, 0.2) is 254 Å². The Kier molecular flexibility index (Phi) is 3.48. The van der Waals surface area contributed by atoms with Crippen LogP contribution in [0.2, 0.25) is 0 Å². The van der Waals surface area contributed by atoms with Crippen LogP contribution < -0.4 is 4.90 Å². The number of aromatic nitrogens is 1. The SMILES string of the molecule is [2H]c1c([2H])c([2H])c(-c2c([2H])c([2H])c(N(c3c([2H])c([2H])c(-c4c([2H])c([2H])c([2H])c(-c5c([2H])c([2H])c([2H])c([2H])c5[2H])c4[2H])c([2H])c3[2H])c3c([2H])c([2H])c(-c4c([2H])c([2H])c5c(c4[2H])c4c([2H])c([2H])c([2H])c([2H])c4n5-c4c([2H])c([2H])c(-c5c([2H])c([2H])c([2H])c([2H])c5[2H])c([2H])c4[2H])c([2H])c3[2H])c([2H])c2[2H])c([2H])c1[2H]. The molecule has 1 heterocycles. The van der Waals surface area contributed by atoms with Crippen molar-refractivity contribution in [3.8, 4) is 61.3 Å². The minimum atomic E-state index is -1.47. The molecule has 0 amide bonds. The van der Waals surface area contributed by atoms with Gasteiger partial charge in [-0.2, -0.15) is 0 Å². The third-order valence-corrected chi connectivity index (χ3v) is 8.87. The van der Waals surface area contributed by atoms with Crippen molar-refractivity contribution >= 4 is 38.9 Å². The Bertz CT molecular complexity index is 5630. The lowest BCUT2D eigenvalue weighted by Gasteiger charge is -2.26. The first-order valence-electron chi connectivity index (χ1n) is 38.8. The van der Waals surface area contributed by atoms with Crippen molar-refractivity contribution in [3.05, 3.63) is 254 Å². The molecule has 0 spiro atoms. The molecule has 10 aromatic carbocycles. The fourth-order valence-corrected chi connectivity index (χ4v) is 6.09. The Morgan fingerprint density at radius 1 is 0.258 bits per heavy atom. The molecule has 11 aromatic rings. The fraction of sp³-hybridized carbons (Fsp3) is 0. The van der Waals surface area contributed by atoms with Gasteiger partial charge in [-0.05, 0) is 128 Å². The summed E-state index contributed by atoms with van der Waals surface area (Å²) in [7, 11) is 0. The smallest absolute Gasteiger partial charge is 0.0645 e. The van der Waals surface area contributed by atoms with Crippen molar-refractivity contribution < 1.29 is 57.6 Å². The predicted molar refractivity (Wildman–Crippen MR) is 263 cm³/mol. The summed E-state index contributed by atoms with van der Waals surface area (Å²) < 4.78 is 380. The van der Waals surface area contributed by atoms with Crippen molar-refractivity contribution in [2.24, 2.45) is 0 Å². The molecule has 292 valence electrons. The zero-order valence-electron chi connectivity index (χ0n) is 72.9. The molecule has 0 N–H and O–H groups in total. The van der Waals surface area contributed by atoms with Gasteiger partial charge < -0.3 is 9.47 Å². The molecule has 0 saturated carbocycles. The molecule has 0 bridgehead atoms. The second kappa shape index (κ2) is 16.1. The summed E-state index contributed by atoms with van der Waals surface area (Å²) >= 11 is 0. The van der Waals surface area contributed by atoms with E-state index < -0.39 is 354 Å². The van der Waals surface area contributed by atoms with Gasteiger partial charge in [-0.3, -0.25) is 0 Å². The molecule has 2 nitrogen and oxygen atoms in total. The largest absolute Gasteiger partial charge is 0.311 e. The Morgan fingerprint density at radius 3 is 1.10 bits per heavy atom. The zero-order valence-corrected chi connectivity index (χ0v) is 30.9. The van der Waals surface area contributed by atoms with Crippen LogP contribution in [0.4, 0.5) is 17.1 Å². The highest BCUT2D eigenvalue weighted by Gasteiger charge is 2.16. The van der Waals surface area contributed by atoms with E-state index in [1.807, 2.05) is 0 Å². The zero-order chi connectivity index (χ0) is 77.8. The summed E-state index contributed by atoms with van der Waals surface area (Å²) in [6.45, 7) is 0. The maximum atomic E-state index is 9.91. The van der Waals surface area contributed by atoms with Crippen molar-refractivity contribution in [2.45, 2.75) is 0 Å². The van der Waals surface area contributed by atoms with Crippen molar-refractivity contribution in [1.82, 2.24) is 4.57 Å². The van der Waals surface area contributed by atoms with Gasteiger partial charge in [0.1, 0.15) is 0 Å². The van der Waals surface area contributed by atoms with E-state index in [0.29, 0.717) is 4.57 Å². The maximum absolute atomic E-state index is 9.91. The lowest BCUT2D eigenvalue weighted by molar-refractivity contribution is 1.18. The van der Waals surface area contributed by atoms with Crippen LogP contribution in [-0.2, 0) is 0 Å². The van der Waals surface area contributed by atoms with Gasteiger partial charge in [-0.15, -0.1) is 0 Å². The van der Waals surface area contributed by atoms with Crippen LogP contribution >= 0.6 is 0 Å². The summed E-state index contributed by atoms with van der Waals surface area (Å²) in [5.74, 6) is 0. The van der Waals surface area contributed by atoms with E-state index in [9.17, 15) is 30.2 Å². The average Bonchev–Trinajstić information content (AvgIpc) is 1.49. The maximum Gasteiger partial charge on any atom is 0.0645 e. The number of nitrogens with zero attached hydrogens (tertiary/aromatic N) is 2. The van der Waals surface area contributed by atoms with Gasteiger partial charge in [0.05, 0.1) is 68.6 Å². The first-order chi connectivity index (χ1) is 48.2. The van der Waals surface area contributed by atoms with E-state index in [4.69, 9.17) is 27.4 Å². The number of fused-ring (bicyclic) bond motifs is 3. The molecule has 0 aliphatic heterocycles. The Balaban J connectivity index is 1.25. The quantitative estimate of drug-likeness (QED) is 0.141. The van der Waals surface area contributed by atoms with Crippen LogP contribution in [0.1, 0.15) is 57.6 Å². The summed E-state index contributed by atoms with van der Waals surface area (Å²) in [4.78, 5) is 0.166. The standard InChI is InChI=1S/C60H42N2/c1-4-13-43(14-5-1)46-23-32-53(33-24-46)61(54-34-27-48(28-35-54)51-20-12-19-50(41-51)45-17-8-3-9-18-45)55-36-29-49(30-37-55)52-31-40-60-58(42-52)57-21-10-11-22-59(57)62(60)56-38-25-47(26-39-56)44-15-6-2-7-16-44/h1-42H/i1D,2D,3D,4D,5D,6D,7D,8D,9D,10D,11D,12D,13D,14D,15D,16D,17D,18D,19D,20D,21D,22D,23D,24D,25D,26D,27D,28D,29D,30D,31D,32D,33D,34D,35D,36D,37D,38D,39D,40D,41D,42D. The molecule has 0 saturated heterocycles. The molecule has 0 radical (unpaired) electrons. The summed E-state index contributed by atoms with van der Waals surface area (Å²) in [5, 5.41) is -1.57. The van der Waals surface area contributed by atoms with Gasteiger partial charge >= 0.3 is 0 Å². The van der Waals surface area contributed by atoms with E-state index in [1.54, 1.807) is 0 Å². The summed E-state index contributed by atoms with van der Waals surface area (Å²) in [5.41, 5.74) is -16.3. The van der Waals surface area contributed by atoms with Gasteiger partial charge in [0, 0.05) is 33.5 Å². The van der Waals surface area contributed by atoms with Crippen LogP contribution in [0.3, 0.4) is 0 Å². The third kappa shape index (κ3) is 7.04. The van der Waals surface area contributed by atoms with Gasteiger partial charge in [-0.1, -0.05) is 181 Å². The highest BCUT2D eigenvalue weighted by molar-refractivity contribution is 6.10. The minimum Gasteiger partial charge on any atom is -0.311 e. The summed E-state index contributed by atoms with van der Waals surface area (Å²) in [6.07, 6.45) is 0. The number of hydrogen-bond acceptors (Lipinski definition) is 1. The molecule has 0 fully saturated rings. The van der Waals surface area contributed by atoms with Gasteiger partial charge in [0.25, 0.3) is 0 Å². The molecular weight excluding hydrogens is 749 g/mol. The molecule has 11 rings (SSSR count). The van der Waals surface area contributed by atoms with Crippen molar-refractivity contribution in [1.29, 1.82) is 0 Å². The van der Waals surface area contributed by atoms with Gasteiger partial charge in [-0.25, -0.2) is 0 Å². The van der Waals surface area contributed by atoms with E-state index in [0.717, 1.165) is 0 Å². The molecule has 62 heavy (non-hydrogen) atoms. The second-order valence-electron chi connectivity index (χ2n) is 12.5. The number of anilines is 3. The first kappa shape index (κ1) is 13.4. The first-order valence-corrected chi connectivity index (χ1v) is 17.8. The Morgan fingerprint density at radius 2 is 0.597 bits per heavy atom. The normalized spacial score (nSPS) is 20.7. The molecular formula is C60H42N2. The lowest BCUT2D eigenvalue weighted by atomic mass is 9.98. The van der Waals surface area contributed by atoms with Crippen molar-refractivity contribution in [3.63, 3.8) is 0 Å². The molecule has 2 heteroatoms. The monoisotopic (exact) mass is 833 g/mol. The number of benzene rings is 10. The van der Waals surface area contributed by atoms with E-state index >= 15 is 0 Å². The topological polar surface area (TPSA) is 8.17 Å². The third-order valence-electron chi connectivity index (χ3n) is 8.87. The fourth-order valence-electron chi connectivity index (χ4n) is 6.09. The Labute approximate surface area is 421 Å². The molecule has 0 unspecified atom stereocenters. The number of para-hydroxylation sites is 1. The van der Waals surface area contributed by atoms with Crippen LogP contribution in [0.25, 0.3) is 83.1 Å². The average molecular weight is 833 g/mol. The van der Waals surface area contributed by atoms with Crippen LogP contribution in [0.5, 0.6) is 0 Å². The predicted octanol–water partition coefficient (Wildman–Crippen LogP) is 16.6. The van der Waals surface area contributed by atoms with E-state index in [-0.39, 0.29) is 4.90 Å². The van der Waals surface area contributed by atoms with E-state index in [2.05, 4.69) is 0 Å². The molecule has 0 aliphatic carbocycles. The number of rotatable bonds is 9. The second-order valence-corrected chi connectivity index (χ2v) is 12.5. The highest BCUT2D eigenvalue weighted by Crippen LogP contribution is 2.40. The minimum absolute atomic E-state index is 0.166. The van der Waals surface area contributed by atoms with Gasteiger partial charge in [0.2, 0.25) is 0 Å². The summed E-state index contributed by atoms with van der Waals surface area (Å²) in [6, 6.07) is -48.3. The number of hydrogen-bond donors (Lipinski definition) is 0. The van der Waals surface area contributed by atoms with Crippen molar-refractivity contribution in [2.75, 3.05) is 4.90 Å². The van der Waals surface area contributed by atoms with Crippen LogP contribution in [-0.4, -0.2) is 4.57 Å². The van der Waals surface area contributed by atoms with E-state index in [1.165, 1.54) is 0 Å². The van der Waals surface area contributed by atoms with Crippen LogP contribution in [0, 0.1) is 0 Å². The lowest BCUT2D eigenvalue weighted by Crippen LogP contribution is -2.09. The molecule has 0 aliphatic rings. The Hall–Kier alpha value is -8.20. The molecule has 0 atom stereocenters. The van der Waals surface area contributed by atoms with Gasteiger partial charge in [0.15, 0.2) is 0 Å². The highest BCUT2D eigenvalue weighted by atomic mass is 15.1. The molecule has 1 aromatic heterocycles.